The van der Waals surface area contributed by atoms with Gasteiger partial charge in [-0.15, -0.1) is 11.8 Å². The highest BCUT2D eigenvalue weighted by atomic mass is 32.2. The van der Waals surface area contributed by atoms with Crippen LogP contribution < -0.4 is 0 Å². The molecule has 0 aliphatic rings. The van der Waals surface area contributed by atoms with Crippen molar-refractivity contribution in [2.75, 3.05) is 6.26 Å². The zero-order valence-electron chi connectivity index (χ0n) is 18.4. The van der Waals surface area contributed by atoms with Gasteiger partial charge in [-0.25, -0.2) is 0 Å². The summed E-state index contributed by atoms with van der Waals surface area (Å²) in [7, 11) is 0. The van der Waals surface area contributed by atoms with Crippen molar-refractivity contribution in [3.05, 3.63) is 114 Å². The maximum Gasteiger partial charge on any atom is 0.311 e. The molecule has 4 aromatic carbocycles. The minimum Gasteiger partial charge on any atom is -0.481 e. The fourth-order valence-corrected chi connectivity index (χ4v) is 5.59. The number of para-hydroxylation sites is 1. The number of aliphatic carboxylic acids is 1. The van der Waals surface area contributed by atoms with Gasteiger partial charge in [0.1, 0.15) is 0 Å². The Bertz CT molecular complexity index is 1420. The number of carbonyl (C=O) groups is 1. The molecule has 0 fully saturated rings. The fourth-order valence-electron chi connectivity index (χ4n) is 4.73. The van der Waals surface area contributed by atoms with Crippen LogP contribution in [0, 0.1) is 0 Å². The normalized spacial score (nSPS) is 12.3. The predicted molar refractivity (Wildman–Crippen MR) is 137 cm³/mol. The predicted octanol–water partition coefficient (Wildman–Crippen LogP) is 6.98. The Morgan fingerprint density at radius 1 is 0.818 bits per heavy atom. The van der Waals surface area contributed by atoms with E-state index < -0.39 is 11.9 Å². The second kappa shape index (κ2) is 9.16. The Morgan fingerprint density at radius 2 is 1.45 bits per heavy atom. The Balaban J connectivity index is 1.74. The van der Waals surface area contributed by atoms with E-state index in [1.165, 1.54) is 21.9 Å². The van der Waals surface area contributed by atoms with E-state index in [9.17, 15) is 9.90 Å². The average Bonchev–Trinajstić information content (AvgIpc) is 3.17. The molecule has 0 amide bonds. The van der Waals surface area contributed by atoms with Crippen LogP contribution in [0.5, 0.6) is 0 Å². The second-order valence-corrected chi connectivity index (χ2v) is 9.07. The molecule has 5 aromatic rings. The quantitative estimate of drug-likeness (QED) is 0.272. The lowest BCUT2D eigenvalue weighted by Gasteiger charge is -2.19. The molecule has 164 valence electrons. The van der Waals surface area contributed by atoms with Gasteiger partial charge in [0.15, 0.2) is 0 Å². The van der Waals surface area contributed by atoms with Crippen molar-refractivity contribution in [2.45, 2.75) is 23.8 Å². The van der Waals surface area contributed by atoms with Gasteiger partial charge in [-0.3, -0.25) is 4.79 Å². The third kappa shape index (κ3) is 4.03. The molecule has 1 heterocycles. The third-order valence-corrected chi connectivity index (χ3v) is 7.10. The van der Waals surface area contributed by atoms with Crippen LogP contribution in [0.4, 0.5) is 0 Å². The van der Waals surface area contributed by atoms with Crippen molar-refractivity contribution in [2.24, 2.45) is 0 Å². The number of rotatable bonds is 7. The summed E-state index contributed by atoms with van der Waals surface area (Å²) in [5, 5.41) is 12.6. The van der Waals surface area contributed by atoms with Gasteiger partial charge in [0, 0.05) is 27.7 Å². The summed E-state index contributed by atoms with van der Waals surface area (Å²) < 4.78 is 2.34. The molecule has 5 rings (SSSR count). The van der Waals surface area contributed by atoms with Gasteiger partial charge in [0.2, 0.25) is 0 Å². The Morgan fingerprint density at radius 3 is 2.12 bits per heavy atom. The molecule has 0 saturated carbocycles. The van der Waals surface area contributed by atoms with E-state index in [0.717, 1.165) is 28.1 Å². The first-order chi connectivity index (χ1) is 16.2. The van der Waals surface area contributed by atoms with Gasteiger partial charge >= 0.3 is 5.97 Å². The molecule has 0 bridgehead atoms. The SMILES string of the molecule is CSc1c(C(Cc2ccccc2)C(=O)O)ccc2c3ccccc3n(Cc3ccccc3)c12. The molecule has 33 heavy (non-hydrogen) atoms. The molecule has 1 atom stereocenters. The van der Waals surface area contributed by atoms with Crippen LogP contribution in [0.1, 0.15) is 22.6 Å². The lowest BCUT2D eigenvalue weighted by molar-refractivity contribution is -0.138. The topological polar surface area (TPSA) is 42.2 Å². The number of nitrogens with zero attached hydrogens (tertiary/aromatic N) is 1. The summed E-state index contributed by atoms with van der Waals surface area (Å²) in [6, 6.07) is 32.9. The summed E-state index contributed by atoms with van der Waals surface area (Å²) in [5.74, 6) is -1.40. The molecule has 1 aromatic heterocycles. The first-order valence-corrected chi connectivity index (χ1v) is 12.3. The van der Waals surface area contributed by atoms with E-state index in [0.29, 0.717) is 6.42 Å². The Labute approximate surface area is 197 Å². The number of hydrogen-bond acceptors (Lipinski definition) is 2. The van der Waals surface area contributed by atoms with Crippen LogP contribution in [-0.4, -0.2) is 21.9 Å². The monoisotopic (exact) mass is 451 g/mol. The molecule has 0 spiro atoms. The molecule has 3 nitrogen and oxygen atoms in total. The van der Waals surface area contributed by atoms with Crippen LogP contribution in [0.3, 0.4) is 0 Å². The summed E-state index contributed by atoms with van der Waals surface area (Å²) in [5.41, 5.74) is 5.41. The molecule has 4 heteroatoms. The smallest absolute Gasteiger partial charge is 0.311 e. The van der Waals surface area contributed by atoms with E-state index in [4.69, 9.17) is 0 Å². The lowest BCUT2D eigenvalue weighted by Crippen LogP contribution is -2.16. The molecule has 0 radical (unpaired) electrons. The van der Waals surface area contributed by atoms with Gasteiger partial charge in [0.05, 0.1) is 11.4 Å². The minimum atomic E-state index is -0.792. The van der Waals surface area contributed by atoms with Crippen LogP contribution in [0.15, 0.2) is 102 Å². The van der Waals surface area contributed by atoms with E-state index in [-0.39, 0.29) is 0 Å². The number of fused-ring (bicyclic) bond motifs is 3. The lowest BCUT2D eigenvalue weighted by atomic mass is 9.91. The maximum atomic E-state index is 12.4. The highest BCUT2D eigenvalue weighted by molar-refractivity contribution is 7.98. The molecule has 1 unspecified atom stereocenters. The van der Waals surface area contributed by atoms with Crippen molar-refractivity contribution < 1.29 is 9.90 Å². The van der Waals surface area contributed by atoms with Crippen molar-refractivity contribution in [3.63, 3.8) is 0 Å². The van der Waals surface area contributed by atoms with Crippen molar-refractivity contribution in [1.82, 2.24) is 4.57 Å². The Hall–Kier alpha value is -3.50. The molecule has 0 aliphatic carbocycles. The van der Waals surface area contributed by atoms with Crippen LogP contribution >= 0.6 is 11.8 Å². The van der Waals surface area contributed by atoms with Gasteiger partial charge in [0.25, 0.3) is 0 Å². The fraction of sp³-hybridized carbons (Fsp3) is 0.138. The second-order valence-electron chi connectivity index (χ2n) is 8.25. The van der Waals surface area contributed by atoms with Gasteiger partial charge in [-0.05, 0) is 35.4 Å². The summed E-state index contributed by atoms with van der Waals surface area (Å²) in [6.45, 7) is 0.734. The molecular weight excluding hydrogens is 426 g/mol. The zero-order chi connectivity index (χ0) is 22.8. The molecular formula is C29H25NO2S. The van der Waals surface area contributed by atoms with E-state index in [1.807, 2.05) is 48.7 Å². The van der Waals surface area contributed by atoms with Crippen LogP contribution in [0.25, 0.3) is 21.8 Å². The molecule has 0 aliphatic heterocycles. The van der Waals surface area contributed by atoms with Crippen molar-refractivity contribution in [3.8, 4) is 0 Å². The van der Waals surface area contributed by atoms with Crippen molar-refractivity contribution >= 4 is 39.5 Å². The number of hydrogen-bond donors (Lipinski definition) is 1. The molecule has 1 N–H and O–H groups in total. The van der Waals surface area contributed by atoms with Crippen LogP contribution in [-0.2, 0) is 17.8 Å². The van der Waals surface area contributed by atoms with Gasteiger partial charge in [-0.1, -0.05) is 91.0 Å². The van der Waals surface area contributed by atoms with Gasteiger partial charge < -0.3 is 9.67 Å². The third-order valence-electron chi connectivity index (χ3n) is 6.26. The summed E-state index contributed by atoms with van der Waals surface area (Å²) >= 11 is 1.64. The number of aromatic nitrogens is 1. The van der Waals surface area contributed by atoms with E-state index in [1.54, 1.807) is 11.8 Å². The maximum absolute atomic E-state index is 12.4. The first-order valence-electron chi connectivity index (χ1n) is 11.1. The Kier molecular flexibility index (Phi) is 5.93. The van der Waals surface area contributed by atoms with Gasteiger partial charge in [-0.2, -0.15) is 0 Å². The number of carboxylic acids is 1. The van der Waals surface area contributed by atoms with E-state index >= 15 is 0 Å². The van der Waals surface area contributed by atoms with Crippen LogP contribution in [0.2, 0.25) is 0 Å². The summed E-state index contributed by atoms with van der Waals surface area (Å²) in [6.07, 6.45) is 2.51. The largest absolute Gasteiger partial charge is 0.481 e. The first kappa shape index (κ1) is 21.4. The number of thioether (sulfide) groups is 1. The molecule has 0 saturated heterocycles. The minimum absolute atomic E-state index is 0.466. The number of carboxylic acid groups (broad SMARTS) is 1. The number of benzene rings is 4. The highest BCUT2D eigenvalue weighted by Crippen LogP contribution is 2.40. The average molecular weight is 452 g/mol. The van der Waals surface area contributed by atoms with Crippen molar-refractivity contribution in [1.29, 1.82) is 0 Å². The highest BCUT2D eigenvalue weighted by Gasteiger charge is 2.26. The zero-order valence-corrected chi connectivity index (χ0v) is 19.3. The van der Waals surface area contributed by atoms with E-state index in [2.05, 4.69) is 59.2 Å². The standard InChI is InChI=1S/C29H25NO2S/c1-33-28-24(25(29(31)32)18-20-10-4-2-5-11-20)17-16-23-22-14-8-9-15-26(22)30(27(23)28)19-21-12-6-3-7-13-21/h2-17,25H,18-19H2,1H3,(H,31,32). The summed E-state index contributed by atoms with van der Waals surface area (Å²) in [4.78, 5) is 13.5.